The van der Waals surface area contributed by atoms with E-state index in [1.54, 1.807) is 24.3 Å². The van der Waals surface area contributed by atoms with Crippen LogP contribution in [0.5, 0.6) is 5.75 Å². The van der Waals surface area contributed by atoms with Crippen LogP contribution in [0.2, 0.25) is 0 Å². The predicted octanol–water partition coefficient (Wildman–Crippen LogP) is 0.971. The minimum absolute atomic E-state index is 0.347. The highest BCUT2D eigenvalue weighted by Gasteiger charge is 2.03. The SMILES string of the molecule is O=C([O-])COCC(=O)Nc1ccc(OCc2ccccc2)cc1. The van der Waals surface area contributed by atoms with Crippen LogP contribution in [0.25, 0.3) is 0 Å². The zero-order chi connectivity index (χ0) is 16.5. The quantitative estimate of drug-likeness (QED) is 0.784. The van der Waals surface area contributed by atoms with Crippen molar-refractivity contribution in [3.05, 3.63) is 60.2 Å². The summed E-state index contributed by atoms with van der Waals surface area (Å²) in [6.07, 6.45) is 0. The molecule has 2 aromatic carbocycles. The average molecular weight is 314 g/mol. The summed E-state index contributed by atoms with van der Waals surface area (Å²) in [6, 6.07) is 16.6. The van der Waals surface area contributed by atoms with Crippen molar-refractivity contribution >= 4 is 17.6 Å². The van der Waals surface area contributed by atoms with Crippen LogP contribution >= 0.6 is 0 Å². The molecular weight excluding hydrogens is 298 g/mol. The standard InChI is InChI=1S/C17H17NO5/c19-16(11-22-12-17(20)21)18-14-6-8-15(9-7-14)23-10-13-4-2-1-3-5-13/h1-9H,10-12H2,(H,18,19)(H,20,21)/p-1. The second-order valence-electron chi connectivity index (χ2n) is 4.71. The maximum atomic E-state index is 11.5. The van der Waals surface area contributed by atoms with E-state index in [4.69, 9.17) is 4.74 Å². The minimum atomic E-state index is -1.36. The number of amides is 1. The molecule has 2 aromatic rings. The predicted molar refractivity (Wildman–Crippen MR) is 81.7 cm³/mol. The zero-order valence-electron chi connectivity index (χ0n) is 12.4. The Balaban J connectivity index is 1.77. The van der Waals surface area contributed by atoms with Crippen LogP contribution in [-0.2, 0) is 20.9 Å². The first kappa shape index (κ1) is 16.5. The van der Waals surface area contributed by atoms with Crippen molar-refractivity contribution in [2.45, 2.75) is 6.61 Å². The molecule has 0 aliphatic heterocycles. The second-order valence-corrected chi connectivity index (χ2v) is 4.71. The van der Waals surface area contributed by atoms with Crippen LogP contribution in [-0.4, -0.2) is 25.1 Å². The van der Waals surface area contributed by atoms with Gasteiger partial charge in [0, 0.05) is 5.69 Å². The van der Waals surface area contributed by atoms with E-state index in [1.165, 1.54) is 0 Å². The van der Waals surface area contributed by atoms with E-state index in [9.17, 15) is 14.7 Å². The van der Waals surface area contributed by atoms with Crippen molar-refractivity contribution in [2.75, 3.05) is 18.5 Å². The van der Waals surface area contributed by atoms with Gasteiger partial charge in [0.05, 0.1) is 12.6 Å². The van der Waals surface area contributed by atoms with Gasteiger partial charge in [-0.25, -0.2) is 0 Å². The number of rotatable bonds is 8. The molecule has 0 fully saturated rings. The number of hydrogen-bond donors (Lipinski definition) is 1. The Morgan fingerprint density at radius 1 is 0.957 bits per heavy atom. The molecular formula is C17H16NO5-. The monoisotopic (exact) mass is 314 g/mol. The molecule has 6 nitrogen and oxygen atoms in total. The van der Waals surface area contributed by atoms with Crippen molar-refractivity contribution in [1.29, 1.82) is 0 Å². The van der Waals surface area contributed by atoms with E-state index in [-0.39, 0.29) is 6.61 Å². The molecule has 0 aromatic heterocycles. The number of anilines is 1. The van der Waals surface area contributed by atoms with Gasteiger partial charge in [-0.15, -0.1) is 0 Å². The summed E-state index contributed by atoms with van der Waals surface area (Å²) < 4.78 is 10.3. The second kappa shape index (κ2) is 8.55. The number of carboxylic acids is 1. The maximum absolute atomic E-state index is 11.5. The average Bonchev–Trinajstić information content (AvgIpc) is 2.55. The Labute approximate surface area is 133 Å². The highest BCUT2D eigenvalue weighted by atomic mass is 16.5. The van der Waals surface area contributed by atoms with Crippen LogP contribution in [0.1, 0.15) is 5.56 Å². The molecule has 0 saturated heterocycles. The molecule has 0 spiro atoms. The lowest BCUT2D eigenvalue weighted by molar-refractivity contribution is -0.309. The van der Waals surface area contributed by atoms with E-state index >= 15 is 0 Å². The third-order valence-corrected chi connectivity index (χ3v) is 2.84. The molecule has 0 bridgehead atoms. The molecule has 0 atom stereocenters. The molecule has 0 saturated carbocycles. The van der Waals surface area contributed by atoms with E-state index in [1.807, 2.05) is 30.3 Å². The fraction of sp³-hybridized carbons (Fsp3) is 0.176. The van der Waals surface area contributed by atoms with Crippen molar-refractivity contribution in [3.8, 4) is 5.75 Å². The number of carboxylic acid groups (broad SMARTS) is 1. The fourth-order valence-electron chi connectivity index (χ4n) is 1.80. The summed E-state index contributed by atoms with van der Waals surface area (Å²) in [7, 11) is 0. The van der Waals surface area contributed by atoms with Gasteiger partial charge in [0.15, 0.2) is 0 Å². The number of carbonyl (C=O) groups is 2. The Hall–Kier alpha value is -2.86. The van der Waals surface area contributed by atoms with Crippen LogP contribution < -0.4 is 15.2 Å². The topological polar surface area (TPSA) is 87.7 Å². The van der Waals surface area contributed by atoms with Gasteiger partial charge in [0.1, 0.15) is 19.0 Å². The first-order chi connectivity index (χ1) is 11.1. The number of hydrogen-bond acceptors (Lipinski definition) is 5. The smallest absolute Gasteiger partial charge is 0.250 e. The van der Waals surface area contributed by atoms with Crippen molar-refractivity contribution in [2.24, 2.45) is 0 Å². The zero-order valence-corrected chi connectivity index (χ0v) is 12.4. The first-order valence-corrected chi connectivity index (χ1v) is 6.98. The number of ether oxygens (including phenoxy) is 2. The molecule has 23 heavy (non-hydrogen) atoms. The number of benzene rings is 2. The summed E-state index contributed by atoms with van der Waals surface area (Å²) in [5, 5.41) is 12.7. The van der Waals surface area contributed by atoms with Crippen molar-refractivity contribution in [3.63, 3.8) is 0 Å². The fourth-order valence-corrected chi connectivity index (χ4v) is 1.80. The largest absolute Gasteiger partial charge is 0.548 e. The van der Waals surface area contributed by atoms with Gasteiger partial charge in [-0.05, 0) is 29.8 Å². The summed E-state index contributed by atoms with van der Waals surface area (Å²) in [5.41, 5.74) is 1.63. The van der Waals surface area contributed by atoms with Gasteiger partial charge < -0.3 is 24.7 Å². The van der Waals surface area contributed by atoms with Crippen molar-refractivity contribution in [1.82, 2.24) is 0 Å². The lowest BCUT2D eigenvalue weighted by Gasteiger charge is -2.09. The van der Waals surface area contributed by atoms with Crippen LogP contribution in [0.15, 0.2) is 54.6 Å². The molecule has 6 heteroatoms. The van der Waals surface area contributed by atoms with E-state index < -0.39 is 18.5 Å². The molecule has 120 valence electrons. The Bertz CT molecular complexity index is 640. The van der Waals surface area contributed by atoms with E-state index in [2.05, 4.69) is 10.1 Å². The van der Waals surface area contributed by atoms with Gasteiger partial charge in [-0.3, -0.25) is 4.79 Å². The molecule has 2 rings (SSSR count). The number of aliphatic carboxylic acids is 1. The highest BCUT2D eigenvalue weighted by Crippen LogP contribution is 2.17. The van der Waals surface area contributed by atoms with Crippen LogP contribution in [0.4, 0.5) is 5.69 Å². The van der Waals surface area contributed by atoms with Gasteiger partial charge in [-0.1, -0.05) is 30.3 Å². The third-order valence-electron chi connectivity index (χ3n) is 2.84. The minimum Gasteiger partial charge on any atom is -0.548 e. The van der Waals surface area contributed by atoms with Gasteiger partial charge >= 0.3 is 0 Å². The molecule has 1 amide bonds. The molecule has 0 radical (unpaired) electrons. The Kier molecular flexibility index (Phi) is 6.14. The summed E-state index contributed by atoms with van der Waals surface area (Å²) in [6.45, 7) is -0.496. The van der Waals surface area contributed by atoms with Gasteiger partial charge in [0.25, 0.3) is 0 Å². The molecule has 0 aliphatic rings. The van der Waals surface area contributed by atoms with Crippen LogP contribution in [0.3, 0.4) is 0 Å². The molecule has 0 aliphatic carbocycles. The molecule has 0 unspecified atom stereocenters. The highest BCUT2D eigenvalue weighted by molar-refractivity contribution is 5.91. The van der Waals surface area contributed by atoms with Gasteiger partial charge in [0.2, 0.25) is 5.91 Å². The van der Waals surface area contributed by atoms with Crippen molar-refractivity contribution < 1.29 is 24.2 Å². The number of carbonyl (C=O) groups excluding carboxylic acids is 2. The Morgan fingerprint density at radius 3 is 2.30 bits per heavy atom. The summed E-state index contributed by atoms with van der Waals surface area (Å²) >= 11 is 0. The van der Waals surface area contributed by atoms with Crippen LogP contribution in [0, 0.1) is 0 Å². The molecule has 0 heterocycles. The third kappa shape index (κ3) is 6.19. The molecule has 1 N–H and O–H groups in total. The van der Waals surface area contributed by atoms with E-state index in [0.717, 1.165) is 5.56 Å². The first-order valence-electron chi connectivity index (χ1n) is 6.98. The van der Waals surface area contributed by atoms with E-state index in [0.29, 0.717) is 18.0 Å². The number of nitrogens with one attached hydrogen (secondary N) is 1. The summed E-state index contributed by atoms with van der Waals surface area (Å²) in [5.74, 6) is -1.12. The lowest BCUT2D eigenvalue weighted by atomic mass is 10.2. The normalized spacial score (nSPS) is 10.1. The maximum Gasteiger partial charge on any atom is 0.250 e. The van der Waals surface area contributed by atoms with Gasteiger partial charge in [-0.2, -0.15) is 0 Å². The summed E-state index contributed by atoms with van der Waals surface area (Å²) in [4.78, 5) is 21.7. The lowest BCUT2D eigenvalue weighted by Crippen LogP contribution is -2.29. The Morgan fingerprint density at radius 2 is 1.65 bits per heavy atom.